The normalized spacial score (nSPS) is 10.1. The molecule has 2 N–H and O–H groups in total. The molecule has 2 rings (SSSR count). The fourth-order valence-electron chi connectivity index (χ4n) is 2.26. The number of halogens is 1. The lowest BCUT2D eigenvalue weighted by Gasteiger charge is -2.12. The molecule has 0 fully saturated rings. The summed E-state index contributed by atoms with van der Waals surface area (Å²) >= 11 is 3.45. The zero-order valence-corrected chi connectivity index (χ0v) is 16.0. The zero-order chi connectivity index (χ0) is 18.2. The summed E-state index contributed by atoms with van der Waals surface area (Å²) in [5.41, 5.74) is 1.64. The highest BCUT2D eigenvalue weighted by molar-refractivity contribution is 9.10. The van der Waals surface area contributed by atoms with Gasteiger partial charge in [-0.3, -0.25) is 0 Å². The zero-order valence-electron chi connectivity index (χ0n) is 14.4. The molecular formula is C18H21BrN2O4. The summed E-state index contributed by atoms with van der Waals surface area (Å²) in [6.45, 7) is 0.497. The lowest BCUT2D eigenvalue weighted by molar-refractivity contribution is 0.252. The second kappa shape index (κ2) is 9.17. The van der Waals surface area contributed by atoms with E-state index >= 15 is 0 Å². The monoisotopic (exact) mass is 408 g/mol. The molecule has 2 amide bonds. The highest BCUT2D eigenvalue weighted by atomic mass is 79.9. The molecule has 0 bridgehead atoms. The highest BCUT2D eigenvalue weighted by Crippen LogP contribution is 2.29. The topological polar surface area (TPSA) is 68.8 Å². The van der Waals surface area contributed by atoms with E-state index in [0.29, 0.717) is 30.2 Å². The number of methoxy groups -OCH3 is 3. The van der Waals surface area contributed by atoms with Gasteiger partial charge in [-0.2, -0.15) is 0 Å². The van der Waals surface area contributed by atoms with Crippen molar-refractivity contribution >= 4 is 27.6 Å². The number of amides is 2. The molecule has 0 aliphatic carbocycles. The molecule has 2 aromatic rings. The summed E-state index contributed by atoms with van der Waals surface area (Å²) in [5.74, 6) is 1.98. The van der Waals surface area contributed by atoms with Gasteiger partial charge >= 0.3 is 6.03 Å². The standard InChI is InChI=1S/C18H21BrN2O4/c1-23-13-5-7-17(25-3)15(11-13)21-18(22)20-9-8-12-4-6-16(24-2)14(19)10-12/h4-7,10-11H,8-9H2,1-3H3,(H2,20,21,22). The fourth-order valence-corrected chi connectivity index (χ4v) is 2.85. The number of urea groups is 1. The van der Waals surface area contributed by atoms with Gasteiger partial charge in [0, 0.05) is 12.6 Å². The molecule has 0 spiro atoms. The van der Waals surface area contributed by atoms with Crippen LogP contribution < -0.4 is 24.8 Å². The number of carbonyl (C=O) groups excluding carboxylic acids is 1. The fraction of sp³-hybridized carbons (Fsp3) is 0.278. The molecule has 0 saturated carbocycles. The molecule has 6 nitrogen and oxygen atoms in total. The van der Waals surface area contributed by atoms with Crippen molar-refractivity contribution in [3.8, 4) is 17.2 Å². The minimum Gasteiger partial charge on any atom is -0.497 e. The van der Waals surface area contributed by atoms with Crippen LogP contribution in [0.15, 0.2) is 40.9 Å². The van der Waals surface area contributed by atoms with Gasteiger partial charge in [0.2, 0.25) is 0 Å². The molecule has 25 heavy (non-hydrogen) atoms. The lowest BCUT2D eigenvalue weighted by Crippen LogP contribution is -2.30. The van der Waals surface area contributed by atoms with Crippen LogP contribution in [0.25, 0.3) is 0 Å². The van der Waals surface area contributed by atoms with Gasteiger partial charge < -0.3 is 24.8 Å². The number of carbonyl (C=O) groups is 1. The van der Waals surface area contributed by atoms with Crippen molar-refractivity contribution in [2.24, 2.45) is 0 Å². The Labute approximate surface area is 155 Å². The Kier molecular flexibility index (Phi) is 6.94. The van der Waals surface area contributed by atoms with Crippen molar-refractivity contribution in [1.82, 2.24) is 5.32 Å². The predicted molar refractivity (Wildman–Crippen MR) is 101 cm³/mol. The number of benzene rings is 2. The predicted octanol–water partition coefficient (Wildman–Crippen LogP) is 3.84. The van der Waals surface area contributed by atoms with E-state index in [2.05, 4.69) is 26.6 Å². The van der Waals surface area contributed by atoms with Crippen molar-refractivity contribution in [2.45, 2.75) is 6.42 Å². The van der Waals surface area contributed by atoms with Crippen LogP contribution in [0.4, 0.5) is 10.5 Å². The summed E-state index contributed by atoms with van der Waals surface area (Å²) in [4.78, 5) is 12.1. The molecule has 2 aromatic carbocycles. The minimum absolute atomic E-state index is 0.306. The average molecular weight is 409 g/mol. The van der Waals surface area contributed by atoms with Crippen molar-refractivity contribution in [3.63, 3.8) is 0 Å². The third kappa shape index (κ3) is 5.29. The Morgan fingerprint density at radius 3 is 2.36 bits per heavy atom. The van der Waals surface area contributed by atoms with Crippen LogP contribution in [-0.2, 0) is 6.42 Å². The average Bonchev–Trinajstić information content (AvgIpc) is 2.61. The number of hydrogen-bond acceptors (Lipinski definition) is 4. The third-order valence-electron chi connectivity index (χ3n) is 3.57. The maximum Gasteiger partial charge on any atom is 0.319 e. The quantitative estimate of drug-likeness (QED) is 0.729. The Morgan fingerprint density at radius 2 is 1.72 bits per heavy atom. The summed E-state index contributed by atoms with van der Waals surface area (Å²) in [6.07, 6.45) is 0.700. The van der Waals surface area contributed by atoms with Gasteiger partial charge in [-0.25, -0.2) is 4.79 Å². The smallest absolute Gasteiger partial charge is 0.319 e. The largest absolute Gasteiger partial charge is 0.497 e. The van der Waals surface area contributed by atoms with Gasteiger partial charge in [-0.1, -0.05) is 6.07 Å². The van der Waals surface area contributed by atoms with Crippen LogP contribution in [0, 0.1) is 0 Å². The van der Waals surface area contributed by atoms with E-state index in [-0.39, 0.29) is 6.03 Å². The number of ether oxygens (including phenoxy) is 3. The van der Waals surface area contributed by atoms with Crippen LogP contribution >= 0.6 is 15.9 Å². The maximum atomic E-state index is 12.1. The van der Waals surface area contributed by atoms with E-state index in [4.69, 9.17) is 14.2 Å². The summed E-state index contributed by atoms with van der Waals surface area (Å²) < 4.78 is 16.5. The molecule has 0 aliphatic rings. The number of hydrogen-bond donors (Lipinski definition) is 2. The van der Waals surface area contributed by atoms with Crippen molar-refractivity contribution in [2.75, 3.05) is 33.2 Å². The van der Waals surface area contributed by atoms with E-state index < -0.39 is 0 Å². The molecule has 0 atom stereocenters. The van der Waals surface area contributed by atoms with Crippen molar-refractivity contribution < 1.29 is 19.0 Å². The van der Waals surface area contributed by atoms with Gasteiger partial charge in [-0.15, -0.1) is 0 Å². The summed E-state index contributed by atoms with van der Waals surface area (Å²) in [5, 5.41) is 5.59. The van der Waals surface area contributed by atoms with Gasteiger partial charge in [0.05, 0.1) is 31.5 Å². The lowest BCUT2D eigenvalue weighted by atomic mass is 10.1. The number of anilines is 1. The Bertz CT molecular complexity index is 737. The van der Waals surface area contributed by atoms with E-state index in [1.165, 1.54) is 0 Å². The van der Waals surface area contributed by atoms with Crippen LogP contribution in [0.3, 0.4) is 0 Å². The van der Waals surface area contributed by atoms with Gasteiger partial charge in [0.1, 0.15) is 17.2 Å². The molecular weight excluding hydrogens is 388 g/mol. The van der Waals surface area contributed by atoms with Gasteiger partial charge in [-0.05, 0) is 52.2 Å². The highest BCUT2D eigenvalue weighted by Gasteiger charge is 2.09. The van der Waals surface area contributed by atoms with E-state index in [1.54, 1.807) is 39.5 Å². The molecule has 0 aliphatic heterocycles. The van der Waals surface area contributed by atoms with Crippen molar-refractivity contribution in [3.05, 3.63) is 46.4 Å². The Morgan fingerprint density at radius 1 is 1.00 bits per heavy atom. The van der Waals surface area contributed by atoms with E-state index in [1.807, 2.05) is 18.2 Å². The molecule has 0 radical (unpaired) electrons. The molecule has 134 valence electrons. The van der Waals surface area contributed by atoms with Crippen LogP contribution in [0.2, 0.25) is 0 Å². The summed E-state index contributed by atoms with van der Waals surface area (Å²) in [6, 6.07) is 10.7. The first kappa shape index (κ1) is 18.9. The molecule has 0 saturated heterocycles. The first-order chi connectivity index (χ1) is 12.1. The van der Waals surface area contributed by atoms with E-state index in [0.717, 1.165) is 15.8 Å². The second-order valence-corrected chi connectivity index (χ2v) is 6.02. The van der Waals surface area contributed by atoms with Gasteiger partial charge in [0.25, 0.3) is 0 Å². The third-order valence-corrected chi connectivity index (χ3v) is 4.19. The first-order valence-corrected chi connectivity index (χ1v) is 8.46. The van der Waals surface area contributed by atoms with E-state index in [9.17, 15) is 4.79 Å². The Balaban J connectivity index is 1.90. The minimum atomic E-state index is -0.306. The molecule has 0 aromatic heterocycles. The van der Waals surface area contributed by atoms with Gasteiger partial charge in [0.15, 0.2) is 0 Å². The molecule has 0 heterocycles. The van der Waals surface area contributed by atoms with Crippen molar-refractivity contribution in [1.29, 1.82) is 0 Å². The molecule has 7 heteroatoms. The van der Waals surface area contributed by atoms with Crippen LogP contribution in [0.1, 0.15) is 5.56 Å². The second-order valence-electron chi connectivity index (χ2n) is 5.17. The Hall–Kier alpha value is -2.41. The van der Waals surface area contributed by atoms with Crippen LogP contribution in [-0.4, -0.2) is 33.9 Å². The first-order valence-electron chi connectivity index (χ1n) is 7.66. The number of nitrogens with one attached hydrogen (secondary N) is 2. The number of rotatable bonds is 7. The SMILES string of the molecule is COc1ccc(OC)c(NC(=O)NCCc2ccc(OC)c(Br)c2)c1. The maximum absolute atomic E-state index is 12.1. The molecule has 0 unspecified atom stereocenters. The van der Waals surface area contributed by atoms with Crippen LogP contribution in [0.5, 0.6) is 17.2 Å². The summed E-state index contributed by atoms with van der Waals surface area (Å²) in [7, 11) is 4.74.